The lowest BCUT2D eigenvalue weighted by molar-refractivity contribution is -0.143. The average Bonchev–Trinajstić information content (AvgIpc) is 2.72. The van der Waals surface area contributed by atoms with Gasteiger partial charge in [-0.1, -0.05) is 25.0 Å². The van der Waals surface area contributed by atoms with Gasteiger partial charge in [-0.2, -0.15) is 26.3 Å². The molecule has 0 radical (unpaired) electrons. The maximum Gasteiger partial charge on any atom is 0.416 e. The van der Waals surface area contributed by atoms with Gasteiger partial charge in [0, 0.05) is 24.8 Å². The molecule has 180 valence electrons. The Labute approximate surface area is 192 Å². The molecule has 4 nitrogen and oxygen atoms in total. The number of phenols is 1. The molecule has 0 aliphatic heterocycles. The van der Waals surface area contributed by atoms with Gasteiger partial charge >= 0.3 is 12.4 Å². The number of hydrogen-bond acceptors (Lipinski definition) is 3. The van der Waals surface area contributed by atoms with Crippen LogP contribution in [-0.2, 0) is 12.4 Å². The molecule has 1 saturated carbocycles. The fourth-order valence-electron chi connectivity index (χ4n) is 4.05. The second kappa shape index (κ2) is 9.66. The zero-order chi connectivity index (χ0) is 24.4. The first-order valence-corrected chi connectivity index (χ1v) is 10.6. The third-order valence-electron chi connectivity index (χ3n) is 5.65. The summed E-state index contributed by atoms with van der Waals surface area (Å²) in [5, 5.41) is 15.6. The van der Waals surface area contributed by atoms with Crippen molar-refractivity contribution in [1.82, 2.24) is 5.32 Å². The van der Waals surface area contributed by atoms with Gasteiger partial charge < -0.3 is 20.6 Å². The molecule has 2 atom stereocenters. The van der Waals surface area contributed by atoms with Gasteiger partial charge in [0.05, 0.1) is 16.8 Å². The molecule has 3 rings (SSSR count). The highest BCUT2D eigenvalue weighted by molar-refractivity contribution is 7.80. The monoisotopic (exact) mass is 491 g/mol. The van der Waals surface area contributed by atoms with Crippen LogP contribution in [0.15, 0.2) is 42.5 Å². The minimum Gasteiger partial charge on any atom is -0.506 e. The van der Waals surface area contributed by atoms with Crippen LogP contribution >= 0.6 is 12.2 Å². The molecule has 1 fully saturated rings. The van der Waals surface area contributed by atoms with Gasteiger partial charge in [0.2, 0.25) is 0 Å². The first kappa shape index (κ1) is 24.9. The van der Waals surface area contributed by atoms with Crippen LogP contribution in [0.25, 0.3) is 0 Å². The summed E-state index contributed by atoms with van der Waals surface area (Å²) in [5.41, 5.74) is -2.63. The molecule has 2 aromatic carbocycles. The molecule has 1 unspecified atom stereocenters. The largest absolute Gasteiger partial charge is 0.506 e. The second-order valence-electron chi connectivity index (χ2n) is 7.95. The highest BCUT2D eigenvalue weighted by Gasteiger charge is 2.37. The molecule has 0 heterocycles. The Bertz CT molecular complexity index is 963. The standard InChI is InChI=1S/C22H23F6N3OS/c1-31(18-8-4-5-9-19(18)32)17-7-3-2-6-16(17)30-20(33)29-15-11-13(21(23,24)25)10-14(12-15)22(26,27)28/h4-5,8-12,16-17,32H,2-3,6-7H2,1H3,(H2,29,30,33)/t16?,17-/m1/s1. The lowest BCUT2D eigenvalue weighted by Crippen LogP contribution is -2.53. The van der Waals surface area contributed by atoms with E-state index >= 15 is 0 Å². The Morgan fingerprint density at radius 2 is 1.55 bits per heavy atom. The number of anilines is 2. The molecule has 1 aliphatic carbocycles. The van der Waals surface area contributed by atoms with Crippen LogP contribution in [-0.4, -0.2) is 29.4 Å². The number of para-hydroxylation sites is 2. The Hall–Kier alpha value is -2.69. The topological polar surface area (TPSA) is 47.5 Å². The maximum atomic E-state index is 13.1. The third kappa shape index (κ3) is 6.21. The van der Waals surface area contributed by atoms with E-state index in [1.807, 2.05) is 11.9 Å². The summed E-state index contributed by atoms with van der Waals surface area (Å²) in [7, 11) is 1.82. The van der Waals surface area contributed by atoms with Gasteiger partial charge in [0.25, 0.3) is 0 Å². The van der Waals surface area contributed by atoms with E-state index in [1.165, 1.54) is 0 Å². The van der Waals surface area contributed by atoms with Crippen molar-refractivity contribution in [3.8, 4) is 5.75 Å². The maximum absolute atomic E-state index is 13.1. The van der Waals surface area contributed by atoms with E-state index in [0.717, 1.165) is 19.3 Å². The fourth-order valence-corrected chi connectivity index (χ4v) is 4.32. The minimum atomic E-state index is -4.94. The molecule has 1 aliphatic rings. The van der Waals surface area contributed by atoms with Crippen LogP contribution in [0.2, 0.25) is 0 Å². The van der Waals surface area contributed by atoms with Crippen LogP contribution in [0.5, 0.6) is 5.75 Å². The normalized spacial score (nSPS) is 19.1. The van der Waals surface area contributed by atoms with Crippen molar-refractivity contribution in [2.45, 2.75) is 50.1 Å². The highest BCUT2D eigenvalue weighted by atomic mass is 32.1. The van der Waals surface area contributed by atoms with Crippen molar-refractivity contribution in [3.63, 3.8) is 0 Å². The van der Waals surface area contributed by atoms with E-state index in [-0.39, 0.29) is 29.0 Å². The number of hydrogen-bond donors (Lipinski definition) is 3. The van der Waals surface area contributed by atoms with Gasteiger partial charge in [-0.05, 0) is 55.4 Å². The smallest absolute Gasteiger partial charge is 0.416 e. The van der Waals surface area contributed by atoms with Crippen LogP contribution in [0.3, 0.4) is 0 Å². The quantitative estimate of drug-likeness (QED) is 0.353. The molecular formula is C22H23F6N3OS. The molecule has 33 heavy (non-hydrogen) atoms. The number of benzene rings is 2. The first-order chi connectivity index (χ1) is 15.4. The molecule has 11 heteroatoms. The SMILES string of the molecule is CN(c1ccccc1O)[C@@H]1CCCCC1NC(=S)Nc1cc(C(F)(F)F)cc(C(F)(F)F)c1. The predicted molar refractivity (Wildman–Crippen MR) is 118 cm³/mol. The van der Waals surface area contributed by atoms with Crippen molar-refractivity contribution in [2.24, 2.45) is 0 Å². The Kier molecular flexibility index (Phi) is 7.30. The van der Waals surface area contributed by atoms with Crippen molar-refractivity contribution in [1.29, 1.82) is 0 Å². The summed E-state index contributed by atoms with van der Waals surface area (Å²) in [5.74, 6) is 0.105. The minimum absolute atomic E-state index is 0.0696. The number of nitrogens with zero attached hydrogens (tertiary/aromatic N) is 1. The molecular weight excluding hydrogens is 468 g/mol. The molecule has 2 aromatic rings. The van der Waals surface area contributed by atoms with Crippen molar-refractivity contribution >= 4 is 28.7 Å². The fraction of sp³-hybridized carbons (Fsp3) is 0.409. The zero-order valence-corrected chi connectivity index (χ0v) is 18.4. The van der Waals surface area contributed by atoms with Gasteiger partial charge in [-0.3, -0.25) is 0 Å². The third-order valence-corrected chi connectivity index (χ3v) is 5.87. The summed E-state index contributed by atoms with van der Waals surface area (Å²) in [6, 6.07) is 7.75. The molecule has 3 N–H and O–H groups in total. The Morgan fingerprint density at radius 3 is 2.12 bits per heavy atom. The predicted octanol–water partition coefficient (Wildman–Crippen LogP) is 6.16. The summed E-state index contributed by atoms with van der Waals surface area (Å²) < 4.78 is 78.7. The van der Waals surface area contributed by atoms with Crippen LogP contribution < -0.4 is 15.5 Å². The van der Waals surface area contributed by atoms with Gasteiger partial charge in [-0.15, -0.1) is 0 Å². The van der Waals surface area contributed by atoms with Crippen molar-refractivity contribution < 1.29 is 31.4 Å². The van der Waals surface area contributed by atoms with E-state index in [0.29, 0.717) is 24.2 Å². The first-order valence-electron chi connectivity index (χ1n) is 10.2. The number of alkyl halides is 6. The van der Waals surface area contributed by atoms with E-state index in [4.69, 9.17) is 12.2 Å². The summed E-state index contributed by atoms with van der Waals surface area (Å²) in [6.07, 6.45) is -6.60. The second-order valence-corrected chi connectivity index (χ2v) is 8.36. The summed E-state index contributed by atoms with van der Waals surface area (Å²) >= 11 is 5.22. The number of rotatable bonds is 4. The zero-order valence-electron chi connectivity index (χ0n) is 17.6. The van der Waals surface area contributed by atoms with E-state index in [9.17, 15) is 31.4 Å². The number of nitrogens with one attached hydrogen (secondary N) is 2. The number of halogens is 6. The number of aromatic hydroxyl groups is 1. The number of thiocarbonyl (C=S) groups is 1. The van der Waals surface area contributed by atoms with Crippen molar-refractivity contribution in [2.75, 3.05) is 17.3 Å². The summed E-state index contributed by atoms with van der Waals surface area (Å²) in [4.78, 5) is 1.90. The molecule has 0 bridgehead atoms. The summed E-state index contributed by atoms with van der Waals surface area (Å²) in [6.45, 7) is 0. The number of likely N-dealkylation sites (N-methyl/N-ethyl adjacent to an activating group) is 1. The molecule has 0 aromatic heterocycles. The Balaban J connectivity index is 1.78. The van der Waals surface area contributed by atoms with Crippen molar-refractivity contribution in [3.05, 3.63) is 53.6 Å². The molecule has 0 spiro atoms. The highest BCUT2D eigenvalue weighted by Crippen LogP contribution is 2.38. The van der Waals surface area contributed by atoms with Gasteiger partial charge in [0.1, 0.15) is 5.75 Å². The van der Waals surface area contributed by atoms with Gasteiger partial charge in [0.15, 0.2) is 5.11 Å². The van der Waals surface area contributed by atoms with E-state index in [2.05, 4.69) is 10.6 Å². The van der Waals surface area contributed by atoms with Gasteiger partial charge in [-0.25, -0.2) is 0 Å². The number of phenolic OH excluding ortho intramolecular Hbond substituents is 1. The lowest BCUT2D eigenvalue weighted by atomic mass is 9.89. The van der Waals surface area contributed by atoms with E-state index in [1.54, 1.807) is 24.3 Å². The average molecular weight is 492 g/mol. The molecule has 0 saturated heterocycles. The molecule has 0 amide bonds. The van der Waals surface area contributed by atoms with Crippen LogP contribution in [0.1, 0.15) is 36.8 Å². The van der Waals surface area contributed by atoms with Crippen LogP contribution in [0.4, 0.5) is 37.7 Å². The lowest BCUT2D eigenvalue weighted by Gasteiger charge is -2.40. The van der Waals surface area contributed by atoms with E-state index < -0.39 is 29.2 Å². The van der Waals surface area contributed by atoms with Crippen LogP contribution in [0, 0.1) is 0 Å². The Morgan fingerprint density at radius 1 is 0.970 bits per heavy atom.